The van der Waals surface area contributed by atoms with E-state index in [4.69, 9.17) is 4.74 Å². The molecule has 8 heteroatoms. The van der Waals surface area contributed by atoms with E-state index in [9.17, 15) is 19.5 Å². The monoisotopic (exact) mass is 321 g/mol. The lowest BCUT2D eigenvalue weighted by molar-refractivity contribution is -0.140. The number of thioether (sulfide) groups is 1. The van der Waals surface area contributed by atoms with E-state index < -0.39 is 34.4 Å². The first-order chi connectivity index (χ1) is 9.39. The Morgan fingerprint density at radius 3 is 2.10 bits per heavy atom. The molecular formula is C13H23NO6S. The molecule has 1 atom stereocenters. The third kappa shape index (κ3) is 7.79. The molecule has 1 amide bonds. The topological polar surface area (TPSA) is 102 Å². The fourth-order valence-corrected chi connectivity index (χ4v) is 2.28. The molecule has 0 radical (unpaired) electrons. The molecule has 0 fully saturated rings. The normalized spacial score (nSPS) is 13.2. The lowest BCUT2D eigenvalue weighted by Crippen LogP contribution is -2.53. The van der Waals surface area contributed by atoms with Gasteiger partial charge in [-0.1, -0.05) is 0 Å². The quantitative estimate of drug-likeness (QED) is 0.717. The second-order valence-corrected chi connectivity index (χ2v) is 7.52. The van der Waals surface area contributed by atoms with Gasteiger partial charge in [-0.2, -0.15) is 0 Å². The van der Waals surface area contributed by atoms with Crippen molar-refractivity contribution in [1.29, 1.82) is 0 Å². The number of carboxylic acid groups (broad SMARTS) is 1. The van der Waals surface area contributed by atoms with Crippen molar-refractivity contribution in [1.82, 2.24) is 5.32 Å². The fraction of sp³-hybridized carbons (Fsp3) is 0.769. The largest absolute Gasteiger partial charge is 0.480 e. The molecule has 0 saturated carbocycles. The Balaban J connectivity index is 4.84. The molecule has 122 valence electrons. The highest BCUT2D eigenvalue weighted by molar-refractivity contribution is 8.01. The maximum atomic E-state index is 11.7. The first-order valence-electron chi connectivity index (χ1n) is 6.32. The Hall–Kier alpha value is -1.44. The average Bonchev–Trinajstić information content (AvgIpc) is 2.30. The van der Waals surface area contributed by atoms with Crippen LogP contribution in [0.2, 0.25) is 0 Å². The van der Waals surface area contributed by atoms with E-state index in [2.05, 4.69) is 10.1 Å². The van der Waals surface area contributed by atoms with Crippen molar-refractivity contribution in [2.75, 3.05) is 12.9 Å². The van der Waals surface area contributed by atoms with E-state index in [-0.39, 0.29) is 5.75 Å². The van der Waals surface area contributed by atoms with Crippen molar-refractivity contribution >= 4 is 29.8 Å². The molecular weight excluding hydrogens is 298 g/mol. The molecule has 0 aliphatic heterocycles. The molecule has 2 N–H and O–H groups in total. The minimum Gasteiger partial charge on any atom is -0.480 e. The number of rotatable bonds is 6. The van der Waals surface area contributed by atoms with Gasteiger partial charge >= 0.3 is 18.0 Å². The molecule has 0 aromatic carbocycles. The number of amides is 1. The molecule has 0 aliphatic rings. The maximum absolute atomic E-state index is 11.7. The van der Waals surface area contributed by atoms with Crippen molar-refractivity contribution in [2.24, 2.45) is 0 Å². The smallest absolute Gasteiger partial charge is 0.408 e. The van der Waals surface area contributed by atoms with E-state index >= 15 is 0 Å². The summed E-state index contributed by atoms with van der Waals surface area (Å²) in [7, 11) is 1.25. The van der Waals surface area contributed by atoms with Gasteiger partial charge in [-0.05, 0) is 34.6 Å². The molecule has 0 aromatic rings. The highest BCUT2D eigenvalue weighted by Gasteiger charge is 2.38. The van der Waals surface area contributed by atoms with Crippen LogP contribution in [-0.2, 0) is 19.1 Å². The number of aliphatic carboxylic acids is 1. The van der Waals surface area contributed by atoms with Crippen LogP contribution in [0.15, 0.2) is 0 Å². The van der Waals surface area contributed by atoms with Gasteiger partial charge in [0.2, 0.25) is 0 Å². The third-order valence-corrected chi connectivity index (χ3v) is 3.75. The predicted molar refractivity (Wildman–Crippen MR) is 79.3 cm³/mol. The number of methoxy groups -OCH3 is 1. The van der Waals surface area contributed by atoms with Gasteiger partial charge in [0.05, 0.1) is 12.9 Å². The Morgan fingerprint density at radius 1 is 1.19 bits per heavy atom. The van der Waals surface area contributed by atoms with Gasteiger partial charge in [0, 0.05) is 4.75 Å². The van der Waals surface area contributed by atoms with Crippen LogP contribution < -0.4 is 5.32 Å². The van der Waals surface area contributed by atoms with E-state index in [1.165, 1.54) is 7.11 Å². The van der Waals surface area contributed by atoms with Gasteiger partial charge in [-0.3, -0.25) is 4.79 Å². The van der Waals surface area contributed by atoms with Crippen molar-refractivity contribution in [2.45, 2.75) is 51.0 Å². The molecule has 0 aliphatic carbocycles. The number of ether oxygens (including phenoxy) is 2. The van der Waals surface area contributed by atoms with Crippen LogP contribution >= 0.6 is 11.8 Å². The number of hydrogen-bond acceptors (Lipinski definition) is 6. The SMILES string of the molecule is COC(=O)CSC(C)(C)[C@H](NC(=O)OC(C)(C)C)C(=O)O. The first-order valence-corrected chi connectivity index (χ1v) is 7.30. The number of nitrogens with one attached hydrogen (secondary N) is 1. The first kappa shape index (κ1) is 19.6. The summed E-state index contributed by atoms with van der Waals surface area (Å²) < 4.78 is 8.64. The van der Waals surface area contributed by atoms with Crippen LogP contribution in [0.4, 0.5) is 4.79 Å². The van der Waals surface area contributed by atoms with Crippen LogP contribution in [0.25, 0.3) is 0 Å². The van der Waals surface area contributed by atoms with Gasteiger partial charge < -0.3 is 19.9 Å². The summed E-state index contributed by atoms with van der Waals surface area (Å²) in [6.45, 7) is 8.28. The van der Waals surface area contributed by atoms with Crippen LogP contribution in [0.1, 0.15) is 34.6 Å². The summed E-state index contributed by atoms with van der Waals surface area (Å²) in [6, 6.07) is -1.21. The van der Waals surface area contributed by atoms with Gasteiger partial charge in [0.25, 0.3) is 0 Å². The van der Waals surface area contributed by atoms with Gasteiger partial charge in [-0.15, -0.1) is 11.8 Å². The predicted octanol–water partition coefficient (Wildman–Crippen LogP) is 1.65. The Kier molecular flexibility index (Phi) is 7.02. The molecule has 0 spiro atoms. The summed E-state index contributed by atoms with van der Waals surface area (Å²) in [5.74, 6) is -1.68. The van der Waals surface area contributed by atoms with Gasteiger partial charge in [-0.25, -0.2) is 9.59 Å². The van der Waals surface area contributed by atoms with Crippen LogP contribution in [0, 0.1) is 0 Å². The highest BCUT2D eigenvalue weighted by atomic mass is 32.2. The second-order valence-electron chi connectivity index (χ2n) is 5.89. The highest BCUT2D eigenvalue weighted by Crippen LogP contribution is 2.29. The lowest BCUT2D eigenvalue weighted by Gasteiger charge is -2.31. The Bertz CT molecular complexity index is 402. The Labute approximate surface area is 128 Å². The summed E-state index contributed by atoms with van der Waals surface area (Å²) >= 11 is 1.08. The number of carbonyl (C=O) groups excluding carboxylic acids is 2. The average molecular weight is 321 g/mol. The molecule has 0 rings (SSSR count). The number of esters is 1. The number of carboxylic acids is 1. The number of hydrogen-bond donors (Lipinski definition) is 2. The number of carbonyl (C=O) groups is 3. The minimum atomic E-state index is -1.21. The van der Waals surface area contributed by atoms with Gasteiger partial charge in [0.15, 0.2) is 0 Å². The van der Waals surface area contributed by atoms with Gasteiger partial charge in [0.1, 0.15) is 11.6 Å². The van der Waals surface area contributed by atoms with E-state index in [0.717, 1.165) is 11.8 Å². The van der Waals surface area contributed by atoms with Crippen LogP contribution in [-0.4, -0.2) is 52.4 Å². The summed E-state index contributed by atoms with van der Waals surface area (Å²) in [6.07, 6.45) is -0.818. The van der Waals surface area contributed by atoms with Crippen molar-refractivity contribution in [3.63, 3.8) is 0 Å². The standard InChI is InChI=1S/C13H23NO6S/c1-12(2,3)20-11(18)14-9(10(16)17)13(4,5)21-7-8(15)19-6/h9H,7H2,1-6H3,(H,14,18)(H,16,17)/t9-/m1/s1. The van der Waals surface area contributed by atoms with Crippen molar-refractivity contribution in [3.05, 3.63) is 0 Å². The molecule has 7 nitrogen and oxygen atoms in total. The fourth-order valence-electron chi connectivity index (χ4n) is 1.35. The molecule has 0 unspecified atom stereocenters. The van der Waals surface area contributed by atoms with E-state index in [0.29, 0.717) is 0 Å². The molecule has 0 bridgehead atoms. The Morgan fingerprint density at radius 2 is 1.71 bits per heavy atom. The van der Waals surface area contributed by atoms with Crippen molar-refractivity contribution < 1.29 is 29.0 Å². The molecule has 21 heavy (non-hydrogen) atoms. The lowest BCUT2D eigenvalue weighted by atomic mass is 10.0. The van der Waals surface area contributed by atoms with E-state index in [1.54, 1.807) is 34.6 Å². The molecule has 0 saturated heterocycles. The molecule has 0 aromatic heterocycles. The second kappa shape index (κ2) is 7.53. The van der Waals surface area contributed by atoms with Crippen LogP contribution in [0.3, 0.4) is 0 Å². The minimum absolute atomic E-state index is 0.0106. The van der Waals surface area contributed by atoms with Crippen LogP contribution in [0.5, 0.6) is 0 Å². The summed E-state index contributed by atoms with van der Waals surface area (Å²) in [5, 5.41) is 11.6. The van der Waals surface area contributed by atoms with E-state index in [1.807, 2.05) is 0 Å². The maximum Gasteiger partial charge on any atom is 0.408 e. The molecule has 0 heterocycles. The number of alkyl carbamates (subject to hydrolysis) is 1. The zero-order valence-corrected chi connectivity index (χ0v) is 14.0. The zero-order valence-electron chi connectivity index (χ0n) is 13.2. The summed E-state index contributed by atoms with van der Waals surface area (Å²) in [4.78, 5) is 34.2. The third-order valence-electron chi connectivity index (χ3n) is 2.39. The summed E-state index contributed by atoms with van der Waals surface area (Å²) in [5.41, 5.74) is -0.726. The zero-order chi connectivity index (χ0) is 16.8. The van der Waals surface area contributed by atoms with Crippen molar-refractivity contribution in [3.8, 4) is 0 Å².